The van der Waals surface area contributed by atoms with E-state index in [2.05, 4.69) is 24.1 Å². The minimum Gasteiger partial charge on any atom is -0.444 e. The normalized spacial score (nSPS) is 18.5. The van der Waals surface area contributed by atoms with Crippen LogP contribution >= 0.6 is 0 Å². The summed E-state index contributed by atoms with van der Waals surface area (Å²) in [6, 6.07) is 0.475. The fraction of sp³-hybridized carbons (Fsp3) is 0.786. The van der Waals surface area contributed by atoms with Crippen LogP contribution in [0.4, 0.5) is 0 Å². The number of nitrogens with zero attached hydrogens (tertiary/aromatic N) is 1. The van der Waals surface area contributed by atoms with Gasteiger partial charge in [0.1, 0.15) is 5.76 Å². The second-order valence-corrected chi connectivity index (χ2v) is 5.38. The summed E-state index contributed by atoms with van der Waals surface area (Å²) in [5.41, 5.74) is 0. The summed E-state index contributed by atoms with van der Waals surface area (Å²) in [4.78, 5) is 4.36. The fourth-order valence-electron chi connectivity index (χ4n) is 2.45. The number of aromatic nitrogens is 1. The summed E-state index contributed by atoms with van der Waals surface area (Å²) in [6.45, 7) is 5.01. The zero-order valence-corrected chi connectivity index (χ0v) is 11.0. The van der Waals surface area contributed by atoms with Gasteiger partial charge in [-0.15, -0.1) is 0 Å². The third kappa shape index (κ3) is 3.84. The highest BCUT2D eigenvalue weighted by Gasteiger charge is 2.18. The van der Waals surface area contributed by atoms with Gasteiger partial charge in [0.15, 0.2) is 0 Å². The number of nitrogens with one attached hydrogen (secondary N) is 1. The number of rotatable bonds is 4. The van der Waals surface area contributed by atoms with E-state index < -0.39 is 0 Å². The summed E-state index contributed by atoms with van der Waals surface area (Å²) in [5, 5.41) is 3.33. The predicted octanol–water partition coefficient (Wildman–Crippen LogP) is 3.61. The molecule has 1 aromatic heterocycles. The Morgan fingerprint density at radius 1 is 1.29 bits per heavy atom. The molecule has 1 aliphatic carbocycles. The zero-order chi connectivity index (χ0) is 12.1. The molecule has 0 bridgehead atoms. The summed E-state index contributed by atoms with van der Waals surface area (Å²) >= 11 is 0. The summed E-state index contributed by atoms with van der Waals surface area (Å²) in [5.74, 6) is 2.54. The molecule has 3 nitrogen and oxygen atoms in total. The van der Waals surface area contributed by atoms with E-state index in [9.17, 15) is 0 Å². The van der Waals surface area contributed by atoms with E-state index >= 15 is 0 Å². The molecule has 0 aliphatic heterocycles. The van der Waals surface area contributed by atoms with Gasteiger partial charge in [0, 0.05) is 12.0 Å². The Morgan fingerprint density at radius 2 is 2.00 bits per heavy atom. The lowest BCUT2D eigenvalue weighted by Gasteiger charge is -2.09. The second-order valence-electron chi connectivity index (χ2n) is 5.38. The van der Waals surface area contributed by atoms with Crippen molar-refractivity contribution in [3.63, 3.8) is 0 Å². The van der Waals surface area contributed by atoms with E-state index in [4.69, 9.17) is 4.42 Å². The van der Waals surface area contributed by atoms with Crippen molar-refractivity contribution in [1.82, 2.24) is 10.3 Å². The van der Waals surface area contributed by atoms with Gasteiger partial charge in [-0.2, -0.15) is 0 Å². The molecule has 1 N–H and O–H groups in total. The molecule has 3 heteroatoms. The van der Waals surface area contributed by atoms with Crippen LogP contribution in [-0.2, 0) is 6.54 Å². The molecule has 0 aromatic carbocycles. The smallest absolute Gasteiger partial charge is 0.208 e. The lowest BCUT2D eigenvalue weighted by atomic mass is 9.98. The highest BCUT2D eigenvalue weighted by molar-refractivity contribution is 5.02. The molecule has 2 rings (SSSR count). The summed E-state index contributed by atoms with van der Waals surface area (Å²) < 4.78 is 5.86. The van der Waals surface area contributed by atoms with Gasteiger partial charge in [-0.25, -0.2) is 4.98 Å². The Labute approximate surface area is 104 Å². The van der Waals surface area contributed by atoms with Crippen LogP contribution in [0.25, 0.3) is 0 Å². The van der Waals surface area contributed by atoms with Gasteiger partial charge < -0.3 is 9.73 Å². The molecule has 96 valence electrons. The molecule has 1 aromatic rings. The molecule has 0 amide bonds. The SMILES string of the molecule is CC(C)NCc1ncc(C2CCCCCC2)o1. The van der Waals surface area contributed by atoms with Crippen LogP contribution in [0.1, 0.15) is 69.9 Å². The molecule has 0 saturated heterocycles. The zero-order valence-electron chi connectivity index (χ0n) is 11.0. The first-order valence-electron chi connectivity index (χ1n) is 6.93. The topological polar surface area (TPSA) is 38.1 Å². The van der Waals surface area contributed by atoms with Crippen molar-refractivity contribution >= 4 is 0 Å². The maximum absolute atomic E-state index is 5.86. The lowest BCUT2D eigenvalue weighted by Crippen LogP contribution is -2.21. The van der Waals surface area contributed by atoms with Crippen LogP contribution in [0.2, 0.25) is 0 Å². The molecule has 0 unspecified atom stereocenters. The van der Waals surface area contributed by atoms with Gasteiger partial charge in [-0.1, -0.05) is 39.5 Å². The molecule has 17 heavy (non-hydrogen) atoms. The third-order valence-electron chi connectivity index (χ3n) is 3.49. The van der Waals surface area contributed by atoms with E-state index in [-0.39, 0.29) is 0 Å². The molecule has 1 aliphatic rings. The highest BCUT2D eigenvalue weighted by Crippen LogP contribution is 2.31. The third-order valence-corrected chi connectivity index (χ3v) is 3.49. The van der Waals surface area contributed by atoms with E-state index in [1.54, 1.807) is 0 Å². The van der Waals surface area contributed by atoms with Gasteiger partial charge in [0.25, 0.3) is 0 Å². The second kappa shape index (κ2) is 6.20. The number of hydrogen-bond donors (Lipinski definition) is 1. The molecule has 1 fully saturated rings. The quantitative estimate of drug-likeness (QED) is 0.811. The van der Waals surface area contributed by atoms with Crippen molar-refractivity contribution in [2.75, 3.05) is 0 Å². The van der Waals surface area contributed by atoms with Crippen molar-refractivity contribution in [2.45, 2.75) is 70.9 Å². The minimum atomic E-state index is 0.475. The molecule has 0 atom stereocenters. The summed E-state index contributed by atoms with van der Waals surface area (Å²) in [6.07, 6.45) is 9.92. The van der Waals surface area contributed by atoms with E-state index in [1.807, 2.05) is 6.20 Å². The Bertz CT molecular complexity index is 325. The average molecular weight is 236 g/mol. The Hall–Kier alpha value is -0.830. The van der Waals surface area contributed by atoms with Crippen LogP contribution in [0, 0.1) is 0 Å². The van der Waals surface area contributed by atoms with Crippen molar-refractivity contribution in [3.05, 3.63) is 17.8 Å². The Kier molecular flexibility index (Phi) is 4.60. The van der Waals surface area contributed by atoms with Crippen LogP contribution in [0.5, 0.6) is 0 Å². The van der Waals surface area contributed by atoms with Crippen LogP contribution in [0.15, 0.2) is 10.6 Å². The van der Waals surface area contributed by atoms with E-state index in [1.165, 1.54) is 38.5 Å². The first kappa shape index (κ1) is 12.6. The molecule has 0 radical (unpaired) electrons. The first-order chi connectivity index (χ1) is 8.25. The van der Waals surface area contributed by atoms with Crippen molar-refractivity contribution in [3.8, 4) is 0 Å². The number of oxazole rings is 1. The highest BCUT2D eigenvalue weighted by atomic mass is 16.4. The number of hydrogen-bond acceptors (Lipinski definition) is 3. The van der Waals surface area contributed by atoms with Crippen LogP contribution in [0.3, 0.4) is 0 Å². The van der Waals surface area contributed by atoms with E-state index in [0.717, 1.165) is 18.2 Å². The van der Waals surface area contributed by atoms with Gasteiger partial charge >= 0.3 is 0 Å². The average Bonchev–Trinajstić information content (AvgIpc) is 2.60. The maximum atomic E-state index is 5.86. The monoisotopic (exact) mass is 236 g/mol. The van der Waals surface area contributed by atoms with Crippen LogP contribution < -0.4 is 5.32 Å². The van der Waals surface area contributed by atoms with E-state index in [0.29, 0.717) is 12.0 Å². The first-order valence-corrected chi connectivity index (χ1v) is 6.93. The lowest BCUT2D eigenvalue weighted by molar-refractivity contribution is 0.388. The van der Waals surface area contributed by atoms with Crippen LogP contribution in [-0.4, -0.2) is 11.0 Å². The molecular weight excluding hydrogens is 212 g/mol. The fourth-order valence-corrected chi connectivity index (χ4v) is 2.45. The Morgan fingerprint density at radius 3 is 2.65 bits per heavy atom. The van der Waals surface area contributed by atoms with Gasteiger partial charge in [0.05, 0.1) is 12.7 Å². The Balaban J connectivity index is 1.92. The molecule has 1 saturated carbocycles. The largest absolute Gasteiger partial charge is 0.444 e. The minimum absolute atomic E-state index is 0.475. The summed E-state index contributed by atoms with van der Waals surface area (Å²) in [7, 11) is 0. The van der Waals surface area contributed by atoms with Crippen molar-refractivity contribution < 1.29 is 4.42 Å². The molecule has 0 spiro atoms. The predicted molar refractivity (Wildman–Crippen MR) is 68.9 cm³/mol. The molecule has 1 heterocycles. The molecular formula is C14H24N2O. The van der Waals surface area contributed by atoms with Gasteiger partial charge in [0.2, 0.25) is 5.89 Å². The maximum Gasteiger partial charge on any atom is 0.208 e. The van der Waals surface area contributed by atoms with Crippen molar-refractivity contribution in [2.24, 2.45) is 0 Å². The van der Waals surface area contributed by atoms with Crippen molar-refractivity contribution in [1.29, 1.82) is 0 Å². The van der Waals surface area contributed by atoms with Gasteiger partial charge in [-0.3, -0.25) is 0 Å². The van der Waals surface area contributed by atoms with Gasteiger partial charge in [-0.05, 0) is 12.8 Å². The standard InChI is InChI=1S/C14H24N2O/c1-11(2)15-10-14-16-9-13(17-14)12-7-5-3-4-6-8-12/h9,11-12,15H,3-8,10H2,1-2H3.